The van der Waals surface area contributed by atoms with Gasteiger partial charge in [-0.05, 0) is 36.2 Å². The number of nitrogens with zero attached hydrogens (tertiary/aromatic N) is 2. The van der Waals surface area contributed by atoms with Crippen LogP contribution in [-0.4, -0.2) is 102 Å². The third kappa shape index (κ3) is 4.97. The number of carboxylic acids is 1. The van der Waals surface area contributed by atoms with Crippen LogP contribution in [0.25, 0.3) is 0 Å². The molecule has 2 bridgehead atoms. The van der Waals surface area contributed by atoms with Crippen LogP contribution in [0.5, 0.6) is 0 Å². The Morgan fingerprint density at radius 3 is 2.50 bits per heavy atom. The van der Waals surface area contributed by atoms with Crippen LogP contribution in [0.4, 0.5) is 4.79 Å². The Labute approximate surface area is 211 Å². The Balaban J connectivity index is 1.53. The van der Waals surface area contributed by atoms with E-state index in [4.69, 9.17) is 24.5 Å². The molecule has 2 saturated heterocycles. The number of hydrogen-bond acceptors (Lipinski definition) is 9. The highest BCUT2D eigenvalue weighted by molar-refractivity contribution is 8.21. The summed E-state index contributed by atoms with van der Waals surface area (Å²) in [5.41, 5.74) is 4.80. The molecule has 1 saturated carbocycles. The van der Waals surface area contributed by atoms with Gasteiger partial charge >= 0.3 is 18.0 Å². The van der Waals surface area contributed by atoms with Crippen LogP contribution in [0.2, 0.25) is 0 Å². The summed E-state index contributed by atoms with van der Waals surface area (Å²) in [5, 5.41) is 18.5. The highest BCUT2D eigenvalue weighted by Crippen LogP contribution is 2.61. The molecule has 1 aliphatic carbocycles. The zero-order chi connectivity index (χ0) is 26.0. The molecule has 4 N–H and O–H groups in total. The van der Waals surface area contributed by atoms with E-state index in [1.54, 1.807) is 24.2 Å². The monoisotopic (exact) mass is 527 g/mol. The van der Waals surface area contributed by atoms with Crippen LogP contribution < -0.4 is 5.73 Å². The van der Waals surface area contributed by atoms with Crippen molar-refractivity contribution in [2.45, 2.75) is 37.4 Å². The molecule has 200 valence electrons. The summed E-state index contributed by atoms with van der Waals surface area (Å²) in [7, 11) is 1.62. The third-order valence-corrected chi connectivity index (χ3v) is 9.60. The number of aliphatic hydroxyl groups excluding tert-OH is 1. The van der Waals surface area contributed by atoms with E-state index in [9.17, 15) is 24.3 Å². The topological polar surface area (TPSA) is 169 Å². The molecular weight excluding hydrogens is 494 g/mol. The maximum atomic E-state index is 12.5. The number of aliphatic hydroxyl groups is 1. The van der Waals surface area contributed by atoms with Crippen molar-refractivity contribution < 1.29 is 43.0 Å². The molecule has 3 aliphatic heterocycles. The quantitative estimate of drug-likeness (QED) is 0.286. The minimum Gasteiger partial charge on any atom is -0.479 e. The first-order valence-electron chi connectivity index (χ1n) is 12.0. The molecule has 13 heteroatoms. The molecule has 0 aromatic rings. The molecule has 5 atom stereocenters. The molecule has 4 rings (SSSR count). The number of methoxy groups -OCH3 is 1. The number of cyclic esters (lactones) is 1. The van der Waals surface area contributed by atoms with E-state index in [0.717, 1.165) is 19.3 Å². The van der Waals surface area contributed by atoms with Crippen LogP contribution in [-0.2, 0) is 28.0 Å². The highest BCUT2D eigenvalue weighted by atomic mass is 32.2. The maximum absolute atomic E-state index is 12.5. The Morgan fingerprint density at radius 2 is 1.94 bits per heavy atom. The van der Waals surface area contributed by atoms with Crippen molar-refractivity contribution in [2.24, 2.45) is 17.6 Å². The van der Waals surface area contributed by atoms with Gasteiger partial charge < -0.3 is 39.4 Å². The summed E-state index contributed by atoms with van der Waals surface area (Å²) in [6.07, 6.45) is 3.10. The smallest absolute Gasteiger partial charge is 0.409 e. The number of ether oxygens (including phenoxy) is 2. The van der Waals surface area contributed by atoms with E-state index in [0.29, 0.717) is 44.2 Å². The number of nitrogens with two attached hydrogens (primary N) is 1. The summed E-state index contributed by atoms with van der Waals surface area (Å²) >= 11 is -1.96. The predicted octanol–water partition coefficient (Wildman–Crippen LogP) is 0.117. The minimum atomic E-state index is -1.96. The molecule has 3 heterocycles. The number of rotatable bonds is 10. The van der Waals surface area contributed by atoms with Crippen LogP contribution in [0, 0.1) is 11.8 Å². The first-order chi connectivity index (χ1) is 17.2. The molecule has 0 aromatic carbocycles. The van der Waals surface area contributed by atoms with Gasteiger partial charge in [0.1, 0.15) is 12.2 Å². The highest BCUT2D eigenvalue weighted by Gasteiger charge is 2.57. The lowest BCUT2D eigenvalue weighted by atomic mass is 9.65. The number of thiol groups is 1. The third-order valence-electron chi connectivity index (χ3n) is 7.47. The second kappa shape index (κ2) is 10.8. The Kier molecular flexibility index (Phi) is 7.93. The number of likely N-dealkylation sites (tertiary alicyclic amines) is 1. The lowest BCUT2D eigenvalue weighted by molar-refractivity contribution is -0.151. The Morgan fingerprint density at radius 1 is 1.25 bits per heavy atom. The number of primary amides is 1. The molecule has 2 amide bonds. The fourth-order valence-electron chi connectivity index (χ4n) is 5.83. The summed E-state index contributed by atoms with van der Waals surface area (Å²) in [4.78, 5) is 52.3. The average molecular weight is 528 g/mol. The van der Waals surface area contributed by atoms with Crippen molar-refractivity contribution in [2.75, 3.05) is 46.4 Å². The van der Waals surface area contributed by atoms with Gasteiger partial charge in [-0.2, -0.15) is 0 Å². The number of fused-ring (bicyclic) bond motifs is 2. The first-order valence-corrected chi connectivity index (χ1v) is 13.3. The summed E-state index contributed by atoms with van der Waals surface area (Å²) < 4.78 is 16.9. The zero-order valence-corrected chi connectivity index (χ0v) is 21.0. The van der Waals surface area contributed by atoms with E-state index < -0.39 is 47.1 Å². The standard InChI is InChI=1S/C23H33N3O9S/c1-33-23(18-6-5-17(20(24)29)36(18)35-19(28)11-16(27)21(30)31)14-3-2-4-15(23)13-25(12-14)7-8-26-9-10-34-22(26)32/h5-6,14-16,27,36H,2-4,7-13H2,1H3,(H2,24,29)(H,30,31)/t14-,15+,16-,23+/m0/s1. The average Bonchev–Trinajstić information content (AvgIpc) is 3.42. The van der Waals surface area contributed by atoms with E-state index >= 15 is 0 Å². The van der Waals surface area contributed by atoms with Crippen molar-refractivity contribution in [1.29, 1.82) is 0 Å². The Bertz CT molecular complexity index is 970. The molecule has 3 fully saturated rings. The lowest BCUT2D eigenvalue weighted by Gasteiger charge is -2.56. The summed E-state index contributed by atoms with van der Waals surface area (Å²) in [6.45, 7) is 3.66. The largest absolute Gasteiger partial charge is 0.479 e. The maximum Gasteiger partial charge on any atom is 0.409 e. The van der Waals surface area contributed by atoms with Crippen molar-refractivity contribution in [3.05, 3.63) is 22.0 Å². The van der Waals surface area contributed by atoms with Crippen molar-refractivity contribution >= 4 is 35.1 Å². The van der Waals surface area contributed by atoms with Gasteiger partial charge in [0, 0.05) is 50.0 Å². The summed E-state index contributed by atoms with van der Waals surface area (Å²) in [5.74, 6) is -3.11. The van der Waals surface area contributed by atoms with E-state index in [1.165, 1.54) is 0 Å². The van der Waals surface area contributed by atoms with Gasteiger partial charge in [-0.1, -0.05) is 6.42 Å². The van der Waals surface area contributed by atoms with Gasteiger partial charge in [-0.25, -0.2) is 9.59 Å². The summed E-state index contributed by atoms with van der Waals surface area (Å²) in [6, 6.07) is 0. The van der Waals surface area contributed by atoms with Crippen LogP contribution in [0.3, 0.4) is 0 Å². The van der Waals surface area contributed by atoms with Crippen LogP contribution >= 0.6 is 11.2 Å². The van der Waals surface area contributed by atoms with E-state index in [1.807, 2.05) is 0 Å². The Hall–Kier alpha value is -2.61. The van der Waals surface area contributed by atoms with Gasteiger partial charge in [0.15, 0.2) is 6.10 Å². The van der Waals surface area contributed by atoms with Gasteiger partial charge in [0.05, 0.1) is 17.9 Å². The number of aliphatic carboxylic acids is 1. The number of hydrogen-bond donors (Lipinski definition) is 4. The van der Waals surface area contributed by atoms with Crippen molar-refractivity contribution in [1.82, 2.24) is 9.80 Å². The number of carbonyl (C=O) groups is 4. The molecule has 0 spiro atoms. The molecular formula is C23H33N3O9S. The molecule has 0 aromatic heterocycles. The SMILES string of the molecule is CO[C@@]1(C2=CC=C(C(N)=O)[SH]2OC(=O)C[C@H](O)C(=O)O)[C@@H]2CCC[C@H]1CN(CCN1CCOC1=O)C2. The fraction of sp³-hybridized carbons (Fsp3) is 0.652. The fourth-order valence-corrected chi connectivity index (χ4v) is 7.96. The molecule has 4 aliphatic rings. The second-order valence-electron chi connectivity index (χ2n) is 9.47. The zero-order valence-electron chi connectivity index (χ0n) is 20.1. The van der Waals surface area contributed by atoms with Crippen LogP contribution in [0.15, 0.2) is 22.0 Å². The van der Waals surface area contributed by atoms with Crippen LogP contribution in [0.1, 0.15) is 25.7 Å². The predicted molar refractivity (Wildman–Crippen MR) is 129 cm³/mol. The van der Waals surface area contributed by atoms with Crippen molar-refractivity contribution in [3.63, 3.8) is 0 Å². The van der Waals surface area contributed by atoms with E-state index in [-0.39, 0.29) is 22.8 Å². The van der Waals surface area contributed by atoms with Gasteiger partial charge in [-0.3, -0.25) is 9.59 Å². The van der Waals surface area contributed by atoms with Gasteiger partial charge in [-0.15, -0.1) is 0 Å². The van der Waals surface area contributed by atoms with Gasteiger partial charge in [0.2, 0.25) is 0 Å². The minimum absolute atomic E-state index is 0.0423. The van der Waals surface area contributed by atoms with Gasteiger partial charge in [0.25, 0.3) is 5.91 Å². The first kappa shape index (κ1) is 26.5. The number of carboxylic acid groups (broad SMARTS) is 1. The number of amides is 2. The van der Waals surface area contributed by atoms with E-state index in [2.05, 4.69) is 4.90 Å². The molecule has 1 unspecified atom stereocenters. The number of piperidine rings is 1. The number of carbonyl (C=O) groups excluding carboxylic acids is 3. The van der Waals surface area contributed by atoms with Crippen molar-refractivity contribution in [3.8, 4) is 0 Å². The number of allylic oxidation sites excluding steroid dienone is 2. The molecule has 0 radical (unpaired) electrons. The lowest BCUT2D eigenvalue weighted by Crippen LogP contribution is -2.62. The normalized spacial score (nSPS) is 31.9. The second-order valence-corrected chi connectivity index (χ2v) is 11.2. The molecule has 12 nitrogen and oxygen atoms in total. The molecule has 36 heavy (non-hydrogen) atoms.